The summed E-state index contributed by atoms with van der Waals surface area (Å²) in [7, 11) is 0. The maximum Gasteiger partial charge on any atom is 0.326 e. The Morgan fingerprint density at radius 1 is 1.30 bits per heavy atom. The Morgan fingerprint density at radius 2 is 2.15 bits per heavy atom. The van der Waals surface area contributed by atoms with Crippen molar-refractivity contribution in [3.8, 4) is 0 Å². The van der Waals surface area contributed by atoms with E-state index in [4.69, 9.17) is 11.6 Å². The second kappa shape index (κ2) is 9.04. The number of halogens is 1. The molecule has 33 heavy (non-hydrogen) atoms. The molecule has 0 saturated carbocycles. The molecule has 1 aromatic rings. The minimum absolute atomic E-state index is 0.00646. The van der Waals surface area contributed by atoms with Crippen LogP contribution in [0.2, 0.25) is 5.02 Å². The number of rotatable bonds is 4. The van der Waals surface area contributed by atoms with E-state index in [1.54, 1.807) is 21.9 Å². The standard InChI is InChI=1S/C23H26ClN5O3S/c1-2-17(30)28-10-4-6-14(12-28)26-21(31)20-19-18-16(8-9-25-22(18)33-20)29(23(32)27-19)15-7-3-5-13(24)11-15/h2-3,5,7,11,14,16,18,22,25H,1,4,6,8-10,12H2,(H,26,31)(H,27,32)/t14-,16?,18?,22?/m1/s1. The third-order valence-electron chi connectivity index (χ3n) is 6.68. The number of hydrogen-bond acceptors (Lipinski definition) is 5. The summed E-state index contributed by atoms with van der Waals surface area (Å²) in [6.45, 7) is 5.45. The largest absolute Gasteiger partial charge is 0.347 e. The summed E-state index contributed by atoms with van der Waals surface area (Å²) in [4.78, 5) is 42.5. The van der Waals surface area contributed by atoms with Crippen LogP contribution >= 0.6 is 23.4 Å². The van der Waals surface area contributed by atoms with Crippen LogP contribution < -0.4 is 20.9 Å². The molecule has 8 nitrogen and oxygen atoms in total. The molecule has 4 atom stereocenters. The van der Waals surface area contributed by atoms with E-state index in [0.29, 0.717) is 28.7 Å². The van der Waals surface area contributed by atoms with Crippen LogP contribution in [0.15, 0.2) is 47.5 Å². The Bertz CT molecular complexity index is 1050. The first-order valence-corrected chi connectivity index (χ1v) is 12.4. The van der Waals surface area contributed by atoms with Gasteiger partial charge < -0.3 is 20.9 Å². The minimum Gasteiger partial charge on any atom is -0.347 e. The van der Waals surface area contributed by atoms with Gasteiger partial charge in [0.2, 0.25) is 5.91 Å². The van der Waals surface area contributed by atoms with Gasteiger partial charge in [0.25, 0.3) is 5.91 Å². The fraction of sp³-hybridized carbons (Fsp3) is 0.435. The molecule has 0 radical (unpaired) electrons. The molecule has 4 aliphatic heterocycles. The fourth-order valence-electron chi connectivity index (χ4n) is 5.22. The van der Waals surface area contributed by atoms with Gasteiger partial charge in [0.15, 0.2) is 0 Å². The number of nitrogens with one attached hydrogen (secondary N) is 3. The van der Waals surface area contributed by atoms with Gasteiger partial charge in [0.1, 0.15) is 0 Å². The van der Waals surface area contributed by atoms with Gasteiger partial charge in [0.05, 0.1) is 16.3 Å². The van der Waals surface area contributed by atoms with E-state index in [9.17, 15) is 14.4 Å². The number of anilines is 1. The second-order valence-electron chi connectivity index (χ2n) is 8.70. The van der Waals surface area contributed by atoms with Crippen LogP contribution in [0.1, 0.15) is 19.3 Å². The van der Waals surface area contributed by atoms with Gasteiger partial charge in [-0.2, -0.15) is 0 Å². The van der Waals surface area contributed by atoms with E-state index in [-0.39, 0.29) is 41.2 Å². The maximum absolute atomic E-state index is 13.3. The topological polar surface area (TPSA) is 93.8 Å². The van der Waals surface area contributed by atoms with Crippen molar-refractivity contribution >= 4 is 46.9 Å². The molecular weight excluding hydrogens is 462 g/mol. The lowest BCUT2D eigenvalue weighted by molar-refractivity contribution is -0.128. The van der Waals surface area contributed by atoms with E-state index in [0.717, 1.165) is 31.5 Å². The highest BCUT2D eigenvalue weighted by Crippen LogP contribution is 2.48. The second-order valence-corrected chi connectivity index (χ2v) is 10.3. The molecule has 4 amide bonds. The zero-order valence-corrected chi connectivity index (χ0v) is 19.6. The van der Waals surface area contributed by atoms with Crippen molar-refractivity contribution in [3.05, 3.63) is 52.5 Å². The number of carbonyl (C=O) groups is 3. The lowest BCUT2D eigenvalue weighted by Crippen LogP contribution is -2.62. The van der Waals surface area contributed by atoms with Gasteiger partial charge in [-0.25, -0.2) is 4.79 Å². The number of carbonyl (C=O) groups excluding carboxylic acids is 3. The fourth-order valence-corrected chi connectivity index (χ4v) is 6.81. The first-order valence-electron chi connectivity index (χ1n) is 11.2. The monoisotopic (exact) mass is 487 g/mol. The predicted molar refractivity (Wildman–Crippen MR) is 129 cm³/mol. The Balaban J connectivity index is 1.38. The number of likely N-dealkylation sites (tertiary alicyclic amines) is 1. The first kappa shape index (κ1) is 22.3. The smallest absolute Gasteiger partial charge is 0.326 e. The summed E-state index contributed by atoms with van der Waals surface area (Å²) in [5.74, 6) is -0.337. The normalized spacial score (nSPS) is 28.8. The molecule has 4 aliphatic rings. The number of nitrogens with zero attached hydrogens (tertiary/aromatic N) is 2. The highest BCUT2D eigenvalue weighted by molar-refractivity contribution is 8.04. The van der Waals surface area contributed by atoms with E-state index >= 15 is 0 Å². The van der Waals surface area contributed by atoms with Gasteiger partial charge in [-0.05, 0) is 50.1 Å². The Hall–Kier alpha value is -2.49. The van der Waals surface area contributed by atoms with Crippen LogP contribution in [0.3, 0.4) is 0 Å². The Kier molecular flexibility index (Phi) is 6.11. The van der Waals surface area contributed by atoms with Crippen LogP contribution in [0.25, 0.3) is 0 Å². The molecule has 174 valence electrons. The van der Waals surface area contributed by atoms with Crippen molar-refractivity contribution in [1.29, 1.82) is 0 Å². The lowest BCUT2D eigenvalue weighted by Gasteiger charge is -2.45. The summed E-state index contributed by atoms with van der Waals surface area (Å²) in [5, 5.41) is 10.2. The van der Waals surface area contributed by atoms with Gasteiger partial charge in [-0.15, -0.1) is 0 Å². The predicted octanol–water partition coefficient (Wildman–Crippen LogP) is 2.43. The van der Waals surface area contributed by atoms with Crippen molar-refractivity contribution in [2.24, 2.45) is 5.92 Å². The molecular formula is C23H26ClN5O3S. The lowest BCUT2D eigenvalue weighted by atomic mass is 9.86. The number of benzene rings is 1. The van der Waals surface area contributed by atoms with Gasteiger partial charge >= 0.3 is 6.03 Å². The number of urea groups is 1. The molecule has 4 heterocycles. The molecule has 3 fully saturated rings. The average molecular weight is 488 g/mol. The molecule has 0 spiro atoms. The van der Waals surface area contributed by atoms with Crippen molar-refractivity contribution < 1.29 is 14.4 Å². The van der Waals surface area contributed by atoms with Crippen molar-refractivity contribution in [2.45, 2.75) is 36.7 Å². The zero-order chi connectivity index (χ0) is 23.1. The summed E-state index contributed by atoms with van der Waals surface area (Å²) < 4.78 is 0. The number of piperidine rings is 2. The number of hydrogen-bond donors (Lipinski definition) is 3. The molecule has 0 bridgehead atoms. The molecule has 3 saturated heterocycles. The Morgan fingerprint density at radius 3 is 2.94 bits per heavy atom. The van der Waals surface area contributed by atoms with Gasteiger partial charge in [-0.1, -0.05) is 36.0 Å². The molecule has 3 unspecified atom stereocenters. The SMILES string of the molecule is C=CC(=O)N1CCC[C@@H](NC(=O)C2=C3NC(=O)N(c4cccc(Cl)c4)C4CCNC(S2)C34)C1. The Labute approximate surface area is 201 Å². The molecule has 10 heteroatoms. The average Bonchev–Trinajstić information content (AvgIpc) is 3.18. The third-order valence-corrected chi connectivity index (χ3v) is 8.27. The maximum atomic E-state index is 13.3. The van der Waals surface area contributed by atoms with Crippen LogP contribution in [-0.4, -0.2) is 59.8 Å². The first-order chi connectivity index (χ1) is 16.0. The van der Waals surface area contributed by atoms with Crippen molar-refractivity contribution in [1.82, 2.24) is 20.9 Å². The van der Waals surface area contributed by atoms with Crippen molar-refractivity contribution in [2.75, 3.05) is 24.5 Å². The highest BCUT2D eigenvalue weighted by atomic mass is 35.5. The zero-order valence-electron chi connectivity index (χ0n) is 18.1. The van der Waals surface area contributed by atoms with E-state index in [1.807, 2.05) is 12.1 Å². The number of thioether (sulfide) groups is 1. The van der Waals surface area contributed by atoms with Gasteiger partial charge in [0, 0.05) is 41.5 Å². The number of amides is 4. The molecule has 5 rings (SSSR count). The van der Waals surface area contributed by atoms with E-state index < -0.39 is 0 Å². The van der Waals surface area contributed by atoms with Crippen LogP contribution in [-0.2, 0) is 9.59 Å². The van der Waals surface area contributed by atoms with Crippen LogP contribution in [0.4, 0.5) is 10.5 Å². The van der Waals surface area contributed by atoms with Crippen LogP contribution in [0, 0.1) is 5.92 Å². The van der Waals surface area contributed by atoms with Gasteiger partial charge in [-0.3, -0.25) is 14.5 Å². The van der Waals surface area contributed by atoms with Crippen molar-refractivity contribution in [3.63, 3.8) is 0 Å². The molecule has 0 aliphatic carbocycles. The minimum atomic E-state index is -0.248. The van der Waals surface area contributed by atoms with Crippen LogP contribution in [0.5, 0.6) is 0 Å². The molecule has 3 N–H and O–H groups in total. The summed E-state index contributed by atoms with van der Waals surface area (Å²) >= 11 is 7.66. The molecule has 0 aromatic heterocycles. The third kappa shape index (κ3) is 4.13. The van der Waals surface area contributed by atoms with E-state index in [1.165, 1.54) is 17.8 Å². The summed E-state index contributed by atoms with van der Waals surface area (Å²) in [5.41, 5.74) is 1.44. The molecule has 1 aromatic carbocycles. The summed E-state index contributed by atoms with van der Waals surface area (Å²) in [6.07, 6.45) is 3.72. The quantitative estimate of drug-likeness (QED) is 0.567. The van der Waals surface area contributed by atoms with E-state index in [2.05, 4.69) is 22.5 Å². The highest BCUT2D eigenvalue weighted by Gasteiger charge is 2.51. The summed E-state index contributed by atoms with van der Waals surface area (Å²) in [6, 6.07) is 6.86.